The van der Waals surface area contributed by atoms with Crippen LogP contribution in [0.3, 0.4) is 0 Å². The Morgan fingerprint density at radius 2 is 2.21 bits per heavy atom. The molecule has 2 unspecified atom stereocenters. The van der Waals surface area contributed by atoms with E-state index in [0.29, 0.717) is 11.3 Å². The van der Waals surface area contributed by atoms with E-state index in [9.17, 15) is 0 Å². The lowest BCUT2D eigenvalue weighted by Gasteiger charge is -2.18. The Hall–Kier alpha value is -0.130. The first kappa shape index (κ1) is 11.9. The van der Waals surface area contributed by atoms with Crippen molar-refractivity contribution in [2.45, 2.75) is 43.3 Å². The number of thioether (sulfide) groups is 1. The molecule has 1 aromatic heterocycles. The van der Waals surface area contributed by atoms with Gasteiger partial charge in [0.25, 0.3) is 0 Å². The number of nitrogens with zero attached hydrogens (tertiary/aromatic N) is 2. The molecule has 1 heterocycles. The summed E-state index contributed by atoms with van der Waals surface area (Å²) in [6.07, 6.45) is 0. The average Bonchev–Trinajstić information content (AvgIpc) is 2.51. The molecule has 0 bridgehead atoms. The lowest BCUT2D eigenvalue weighted by molar-refractivity contribution is 0.563. The van der Waals surface area contributed by atoms with Crippen molar-refractivity contribution in [1.82, 2.24) is 14.7 Å². The molecule has 0 radical (unpaired) electrons. The highest BCUT2D eigenvalue weighted by Gasteiger charge is 2.14. The van der Waals surface area contributed by atoms with Gasteiger partial charge in [-0.2, -0.15) is 4.37 Å². The van der Waals surface area contributed by atoms with Crippen molar-refractivity contribution in [3.05, 3.63) is 5.82 Å². The van der Waals surface area contributed by atoms with Gasteiger partial charge in [0.05, 0.1) is 0 Å². The maximum Gasteiger partial charge on any atom is 0.170 e. The van der Waals surface area contributed by atoms with Crippen molar-refractivity contribution in [3.63, 3.8) is 0 Å². The lowest BCUT2D eigenvalue weighted by Crippen LogP contribution is -2.33. The van der Waals surface area contributed by atoms with Gasteiger partial charge in [-0.3, -0.25) is 0 Å². The van der Waals surface area contributed by atoms with Crippen LogP contribution in [0.1, 0.15) is 26.6 Å². The van der Waals surface area contributed by atoms with Gasteiger partial charge in [0.2, 0.25) is 0 Å². The highest BCUT2D eigenvalue weighted by molar-refractivity contribution is 8.01. The molecule has 14 heavy (non-hydrogen) atoms. The summed E-state index contributed by atoms with van der Waals surface area (Å²) in [5, 5.41) is 3.94. The van der Waals surface area contributed by atoms with Crippen molar-refractivity contribution >= 4 is 23.3 Å². The van der Waals surface area contributed by atoms with E-state index in [2.05, 4.69) is 35.4 Å². The Bertz CT molecular complexity index is 275. The van der Waals surface area contributed by atoms with Gasteiger partial charge in [-0.05, 0) is 31.9 Å². The van der Waals surface area contributed by atoms with Gasteiger partial charge >= 0.3 is 0 Å². The first-order valence-corrected chi connectivity index (χ1v) is 6.49. The quantitative estimate of drug-likeness (QED) is 0.789. The molecule has 0 saturated carbocycles. The minimum atomic E-state index is 0.509. The van der Waals surface area contributed by atoms with Crippen LogP contribution in [0.4, 0.5) is 0 Å². The topological polar surface area (TPSA) is 37.8 Å². The van der Waals surface area contributed by atoms with Crippen molar-refractivity contribution in [1.29, 1.82) is 0 Å². The predicted molar refractivity (Wildman–Crippen MR) is 63.1 cm³/mol. The van der Waals surface area contributed by atoms with Gasteiger partial charge in [-0.25, -0.2) is 4.98 Å². The van der Waals surface area contributed by atoms with Crippen molar-refractivity contribution in [2.75, 3.05) is 6.54 Å². The zero-order chi connectivity index (χ0) is 10.6. The predicted octanol–water partition coefficient (Wildman–Crippen LogP) is 2.33. The van der Waals surface area contributed by atoms with Gasteiger partial charge < -0.3 is 5.32 Å². The molecule has 0 spiro atoms. The summed E-state index contributed by atoms with van der Waals surface area (Å²) >= 11 is 3.28. The van der Waals surface area contributed by atoms with Crippen LogP contribution in [-0.4, -0.2) is 27.2 Å². The number of hydrogen-bond donors (Lipinski definition) is 1. The summed E-state index contributed by atoms with van der Waals surface area (Å²) in [5.74, 6) is 0.876. The molecule has 1 aromatic rings. The number of aromatic nitrogens is 2. The summed E-state index contributed by atoms with van der Waals surface area (Å²) in [6, 6.07) is 0.509. The van der Waals surface area contributed by atoms with E-state index in [-0.39, 0.29) is 0 Å². The van der Waals surface area contributed by atoms with Crippen LogP contribution in [0.5, 0.6) is 0 Å². The van der Waals surface area contributed by atoms with Gasteiger partial charge in [-0.15, -0.1) is 0 Å². The van der Waals surface area contributed by atoms with Crippen molar-refractivity contribution < 1.29 is 0 Å². The molecule has 0 aliphatic carbocycles. The minimum Gasteiger partial charge on any atom is -0.313 e. The molecular formula is C9H17N3S2. The summed E-state index contributed by atoms with van der Waals surface area (Å²) < 4.78 is 5.23. The largest absolute Gasteiger partial charge is 0.313 e. The second kappa shape index (κ2) is 5.68. The highest BCUT2D eigenvalue weighted by Crippen LogP contribution is 2.26. The second-order valence-electron chi connectivity index (χ2n) is 3.28. The van der Waals surface area contributed by atoms with Crippen molar-refractivity contribution in [3.8, 4) is 0 Å². The second-order valence-corrected chi connectivity index (χ2v) is 5.65. The fraction of sp³-hybridized carbons (Fsp3) is 0.778. The number of rotatable bonds is 5. The van der Waals surface area contributed by atoms with E-state index in [1.165, 1.54) is 11.5 Å². The monoisotopic (exact) mass is 231 g/mol. The van der Waals surface area contributed by atoms with E-state index >= 15 is 0 Å². The summed E-state index contributed by atoms with van der Waals surface area (Å²) in [6.45, 7) is 9.49. The Balaban J connectivity index is 2.43. The number of hydrogen-bond acceptors (Lipinski definition) is 5. The molecule has 0 aromatic carbocycles. The van der Waals surface area contributed by atoms with E-state index in [1.54, 1.807) is 11.8 Å². The van der Waals surface area contributed by atoms with Crippen LogP contribution in [-0.2, 0) is 0 Å². The van der Waals surface area contributed by atoms with Crippen LogP contribution >= 0.6 is 23.3 Å². The molecule has 0 amide bonds. The van der Waals surface area contributed by atoms with Gasteiger partial charge in [0.1, 0.15) is 5.82 Å². The van der Waals surface area contributed by atoms with Crippen LogP contribution in [0.15, 0.2) is 4.34 Å². The highest BCUT2D eigenvalue weighted by atomic mass is 32.2. The zero-order valence-corrected chi connectivity index (χ0v) is 10.7. The third-order valence-electron chi connectivity index (χ3n) is 2.03. The smallest absolute Gasteiger partial charge is 0.170 e. The summed E-state index contributed by atoms with van der Waals surface area (Å²) in [4.78, 5) is 4.34. The third kappa shape index (κ3) is 3.55. The molecule has 5 heteroatoms. The van der Waals surface area contributed by atoms with Gasteiger partial charge in [0, 0.05) is 11.3 Å². The Labute approximate surface area is 93.9 Å². The van der Waals surface area contributed by atoms with E-state index < -0.39 is 0 Å². The molecule has 80 valence electrons. The summed E-state index contributed by atoms with van der Waals surface area (Å²) in [7, 11) is 0. The lowest BCUT2D eigenvalue weighted by atomic mass is 10.2. The first-order chi connectivity index (χ1) is 6.63. The molecule has 1 N–H and O–H groups in total. The number of aryl methyl sites for hydroxylation is 1. The van der Waals surface area contributed by atoms with Crippen LogP contribution in [0.2, 0.25) is 0 Å². The zero-order valence-electron chi connectivity index (χ0n) is 9.07. The van der Waals surface area contributed by atoms with Gasteiger partial charge in [-0.1, -0.05) is 25.6 Å². The molecule has 3 nitrogen and oxygen atoms in total. The molecule has 0 fully saturated rings. The average molecular weight is 231 g/mol. The molecule has 0 saturated heterocycles. The molecule has 2 atom stereocenters. The standard InChI is InChI=1S/C9H17N3S2/c1-5-10-6(2)7(3)13-9-11-8(4)12-14-9/h6-7,10H,5H2,1-4H3. The van der Waals surface area contributed by atoms with Crippen LogP contribution in [0.25, 0.3) is 0 Å². The third-order valence-corrected chi connectivity index (χ3v) is 4.21. The maximum atomic E-state index is 4.34. The maximum absolute atomic E-state index is 4.34. The van der Waals surface area contributed by atoms with E-state index in [4.69, 9.17) is 0 Å². The molecule has 0 aliphatic heterocycles. The molecular weight excluding hydrogens is 214 g/mol. The van der Waals surface area contributed by atoms with E-state index in [1.807, 2.05) is 6.92 Å². The Morgan fingerprint density at radius 1 is 1.50 bits per heavy atom. The van der Waals surface area contributed by atoms with E-state index in [0.717, 1.165) is 16.7 Å². The van der Waals surface area contributed by atoms with Crippen LogP contribution < -0.4 is 5.32 Å². The Morgan fingerprint density at radius 3 is 2.71 bits per heavy atom. The number of nitrogens with one attached hydrogen (secondary N) is 1. The molecule has 1 rings (SSSR count). The normalized spacial score (nSPS) is 15.4. The van der Waals surface area contributed by atoms with Crippen LogP contribution in [0, 0.1) is 6.92 Å². The molecule has 0 aliphatic rings. The fourth-order valence-electron chi connectivity index (χ4n) is 1.07. The Kier molecular flexibility index (Phi) is 4.84. The fourth-order valence-corrected chi connectivity index (χ4v) is 3.04. The van der Waals surface area contributed by atoms with Gasteiger partial charge in [0.15, 0.2) is 4.34 Å². The first-order valence-electron chi connectivity index (χ1n) is 4.83. The SMILES string of the molecule is CCNC(C)C(C)Sc1nc(C)ns1. The minimum absolute atomic E-state index is 0.509. The van der Waals surface area contributed by atoms with Crippen molar-refractivity contribution in [2.24, 2.45) is 0 Å². The summed E-state index contributed by atoms with van der Waals surface area (Å²) in [5.41, 5.74) is 0.